The van der Waals surface area contributed by atoms with E-state index in [0.717, 1.165) is 28.7 Å². The van der Waals surface area contributed by atoms with E-state index in [4.69, 9.17) is 11.6 Å². The molecular weight excluding hydrogens is 335 g/mol. The van der Waals surface area contributed by atoms with Crippen LogP contribution in [0, 0.1) is 0 Å². The van der Waals surface area contributed by atoms with E-state index in [0.29, 0.717) is 11.3 Å². The monoisotopic (exact) mass is 344 g/mol. The van der Waals surface area contributed by atoms with E-state index in [1.165, 1.54) is 6.20 Å². The molecule has 3 aromatic heterocycles. The van der Waals surface area contributed by atoms with Gasteiger partial charge in [0, 0.05) is 41.7 Å². The van der Waals surface area contributed by atoms with Gasteiger partial charge < -0.3 is 4.98 Å². The summed E-state index contributed by atoms with van der Waals surface area (Å²) in [4.78, 5) is 16.0. The molecular formula is C16H10ClFN4S. The van der Waals surface area contributed by atoms with E-state index < -0.39 is 0 Å². The second-order valence-corrected chi connectivity index (χ2v) is 5.94. The zero-order valence-corrected chi connectivity index (χ0v) is 13.3. The van der Waals surface area contributed by atoms with Gasteiger partial charge in [0.2, 0.25) is 0 Å². The van der Waals surface area contributed by atoms with Crippen LogP contribution >= 0.6 is 23.7 Å². The first-order chi connectivity index (χ1) is 11.3. The van der Waals surface area contributed by atoms with Gasteiger partial charge in [0.1, 0.15) is 22.8 Å². The van der Waals surface area contributed by atoms with Gasteiger partial charge in [-0.05, 0) is 29.8 Å². The van der Waals surface area contributed by atoms with Gasteiger partial charge in [0.05, 0.1) is 10.7 Å². The molecule has 0 spiro atoms. The first-order valence-corrected chi connectivity index (χ1v) is 8.00. The molecule has 4 nitrogen and oxygen atoms in total. The van der Waals surface area contributed by atoms with Crippen LogP contribution in [-0.4, -0.2) is 21.2 Å². The van der Waals surface area contributed by atoms with Crippen LogP contribution in [0.2, 0.25) is 5.02 Å². The Hall–Kier alpha value is -2.18. The zero-order valence-electron chi connectivity index (χ0n) is 11.8. The minimum absolute atomic E-state index is 0.0299. The number of nitrogens with one attached hydrogen (secondary N) is 1. The van der Waals surface area contributed by atoms with Gasteiger partial charge in [-0.25, -0.2) is 9.97 Å². The smallest absolute Gasteiger partial charge is 0.148 e. The summed E-state index contributed by atoms with van der Waals surface area (Å²) in [5.41, 5.74) is 4.27. The number of hydrogen-bond donors (Lipinski definition) is 1. The summed E-state index contributed by atoms with van der Waals surface area (Å²) in [6.07, 6.45) is 7.83. The van der Waals surface area contributed by atoms with Gasteiger partial charge in [-0.1, -0.05) is 11.6 Å². The number of aliphatic imine (C=N–C) groups is 1. The van der Waals surface area contributed by atoms with Crippen molar-refractivity contribution in [3.05, 3.63) is 46.9 Å². The lowest BCUT2D eigenvalue weighted by atomic mass is 10.1. The molecule has 1 N–H and O–H groups in total. The summed E-state index contributed by atoms with van der Waals surface area (Å²) < 4.78 is 12.9. The maximum absolute atomic E-state index is 12.9. The highest BCUT2D eigenvalue weighted by molar-refractivity contribution is 7.94. The third-order valence-electron chi connectivity index (χ3n) is 3.73. The molecule has 0 saturated carbocycles. The van der Waals surface area contributed by atoms with Gasteiger partial charge in [-0.15, -0.1) is 0 Å². The fourth-order valence-electron chi connectivity index (χ4n) is 2.66. The number of aromatic nitrogens is 3. The van der Waals surface area contributed by atoms with Crippen LogP contribution in [0.5, 0.6) is 0 Å². The normalized spacial score (nSPS) is 13.3. The van der Waals surface area contributed by atoms with Crippen LogP contribution in [0.15, 0.2) is 40.6 Å². The maximum Gasteiger partial charge on any atom is 0.148 e. The highest BCUT2D eigenvalue weighted by Gasteiger charge is 2.15. The van der Waals surface area contributed by atoms with Gasteiger partial charge in [-0.2, -0.15) is 3.89 Å². The predicted molar refractivity (Wildman–Crippen MR) is 92.5 cm³/mol. The fourth-order valence-corrected chi connectivity index (χ4v) is 3.23. The third kappa shape index (κ3) is 2.44. The summed E-state index contributed by atoms with van der Waals surface area (Å²) in [5, 5.41) is 1.46. The molecule has 3 aromatic rings. The molecule has 0 unspecified atom stereocenters. The van der Waals surface area contributed by atoms with Crippen molar-refractivity contribution in [2.45, 2.75) is 11.4 Å². The highest BCUT2D eigenvalue weighted by atomic mass is 35.5. The fraction of sp³-hybridized carbons (Fsp3) is 0.0625. The van der Waals surface area contributed by atoms with E-state index in [-0.39, 0.29) is 22.2 Å². The molecule has 0 radical (unpaired) electrons. The molecule has 0 amide bonds. The van der Waals surface area contributed by atoms with Gasteiger partial charge in [-0.3, -0.25) is 4.99 Å². The second-order valence-electron chi connectivity index (χ2n) is 5.02. The zero-order chi connectivity index (χ0) is 15.8. The molecule has 1 aliphatic heterocycles. The lowest BCUT2D eigenvalue weighted by molar-refractivity contribution is 0.919. The minimum atomic E-state index is 0.0299. The Morgan fingerprint density at radius 3 is 3.04 bits per heavy atom. The standard InChI is InChI=1S/C16H10ClFN4S/c17-14-11(4-8-20-16(14)23-18)12-2-1-10-9-3-6-19-7-5-13(9)22-15(10)21-12/h1-2,4-8H,3H2,(H,21,22). The lowest BCUT2D eigenvalue weighted by Gasteiger charge is -2.05. The molecule has 114 valence electrons. The number of nitrogens with zero attached hydrogens (tertiary/aromatic N) is 3. The summed E-state index contributed by atoms with van der Waals surface area (Å²) >= 11 is 6.25. The van der Waals surface area contributed by atoms with Crippen molar-refractivity contribution in [1.82, 2.24) is 15.0 Å². The van der Waals surface area contributed by atoms with Crippen LogP contribution in [0.4, 0.5) is 3.89 Å². The largest absolute Gasteiger partial charge is 0.339 e. The highest BCUT2D eigenvalue weighted by Crippen LogP contribution is 2.35. The molecule has 1 aliphatic rings. The van der Waals surface area contributed by atoms with E-state index in [9.17, 15) is 3.89 Å². The van der Waals surface area contributed by atoms with Gasteiger partial charge >= 0.3 is 0 Å². The van der Waals surface area contributed by atoms with E-state index in [2.05, 4.69) is 19.9 Å². The molecule has 0 aromatic carbocycles. The minimum Gasteiger partial charge on any atom is -0.339 e. The molecule has 0 saturated heterocycles. The molecule has 0 bridgehead atoms. The number of halogens is 2. The number of aromatic amines is 1. The van der Waals surface area contributed by atoms with Crippen LogP contribution < -0.4 is 0 Å². The van der Waals surface area contributed by atoms with Crippen LogP contribution in [-0.2, 0) is 6.42 Å². The average molecular weight is 345 g/mol. The Labute approximate surface area is 140 Å². The number of hydrogen-bond acceptors (Lipinski definition) is 4. The summed E-state index contributed by atoms with van der Waals surface area (Å²) in [6.45, 7) is 0. The Balaban J connectivity index is 1.88. The van der Waals surface area contributed by atoms with Crippen molar-refractivity contribution in [3.8, 4) is 11.3 Å². The summed E-state index contributed by atoms with van der Waals surface area (Å²) in [5.74, 6) is 0. The summed E-state index contributed by atoms with van der Waals surface area (Å²) in [7, 11) is 0. The van der Waals surface area contributed by atoms with Crippen molar-refractivity contribution in [3.63, 3.8) is 0 Å². The molecule has 7 heteroatoms. The van der Waals surface area contributed by atoms with Crippen molar-refractivity contribution in [2.24, 2.45) is 4.99 Å². The van der Waals surface area contributed by atoms with E-state index in [1.54, 1.807) is 12.3 Å². The van der Waals surface area contributed by atoms with Crippen molar-refractivity contribution >= 4 is 47.1 Å². The van der Waals surface area contributed by atoms with Gasteiger partial charge in [0.15, 0.2) is 0 Å². The second kappa shape index (κ2) is 5.79. The summed E-state index contributed by atoms with van der Waals surface area (Å²) in [6, 6.07) is 5.62. The molecule has 0 fully saturated rings. The SMILES string of the molecule is FSc1nccc(-c2ccc3c4c([nH]c3n2)C=CN=CC4)c1Cl. The Morgan fingerprint density at radius 1 is 1.26 bits per heavy atom. The number of H-pyrrole nitrogens is 1. The predicted octanol–water partition coefficient (Wildman–Crippen LogP) is 4.85. The first kappa shape index (κ1) is 14.4. The third-order valence-corrected chi connectivity index (χ3v) is 4.68. The van der Waals surface area contributed by atoms with Crippen molar-refractivity contribution in [2.75, 3.05) is 0 Å². The Bertz CT molecular complexity index is 964. The average Bonchev–Trinajstić information content (AvgIpc) is 2.75. The van der Waals surface area contributed by atoms with Crippen molar-refractivity contribution < 1.29 is 3.89 Å². The van der Waals surface area contributed by atoms with Crippen LogP contribution in [0.3, 0.4) is 0 Å². The number of fused-ring (bicyclic) bond motifs is 3. The van der Waals surface area contributed by atoms with Gasteiger partial charge in [0.25, 0.3) is 0 Å². The number of rotatable bonds is 2. The van der Waals surface area contributed by atoms with E-state index >= 15 is 0 Å². The first-order valence-electron chi connectivity index (χ1n) is 6.91. The Morgan fingerprint density at radius 2 is 2.17 bits per heavy atom. The quantitative estimate of drug-likeness (QED) is 0.722. The molecule has 23 heavy (non-hydrogen) atoms. The maximum atomic E-state index is 12.9. The molecule has 4 heterocycles. The molecule has 4 rings (SSSR count). The molecule has 0 atom stereocenters. The van der Waals surface area contributed by atoms with Crippen LogP contribution in [0.1, 0.15) is 11.3 Å². The van der Waals surface area contributed by atoms with Crippen molar-refractivity contribution in [1.29, 1.82) is 0 Å². The lowest BCUT2D eigenvalue weighted by Crippen LogP contribution is -1.89. The van der Waals surface area contributed by atoms with Crippen LogP contribution in [0.25, 0.3) is 28.4 Å². The Kier molecular flexibility index (Phi) is 3.63. The topological polar surface area (TPSA) is 53.9 Å². The number of pyridine rings is 2. The molecule has 0 aliphatic carbocycles. The van der Waals surface area contributed by atoms with E-state index in [1.807, 2.05) is 24.4 Å².